The number of aromatic nitrogens is 2. The second-order valence-electron chi connectivity index (χ2n) is 2.49. The minimum absolute atomic E-state index is 0.545. The predicted octanol–water partition coefficient (Wildman–Crippen LogP) is 1.26. The first-order valence-electron chi connectivity index (χ1n) is 4.04. The summed E-state index contributed by atoms with van der Waals surface area (Å²) in [7, 11) is 0. The van der Waals surface area contributed by atoms with Crippen LogP contribution in [0.25, 0.3) is 0 Å². The van der Waals surface area contributed by atoms with E-state index in [1.165, 1.54) is 0 Å². The number of halogens is 1. The maximum Gasteiger partial charge on any atom is 0.223 e. The van der Waals surface area contributed by atoms with Gasteiger partial charge in [-0.2, -0.15) is 4.98 Å². The number of hydrogen-bond acceptors (Lipinski definition) is 4. The zero-order valence-electron chi connectivity index (χ0n) is 7.46. The van der Waals surface area contributed by atoms with Crippen molar-refractivity contribution in [2.45, 2.75) is 13.5 Å². The van der Waals surface area contributed by atoms with Gasteiger partial charge in [0.1, 0.15) is 0 Å². The van der Waals surface area contributed by atoms with Gasteiger partial charge in [0.05, 0.1) is 6.54 Å². The van der Waals surface area contributed by atoms with Crippen LogP contribution in [0.5, 0.6) is 0 Å². The van der Waals surface area contributed by atoms with E-state index >= 15 is 0 Å². The van der Waals surface area contributed by atoms with E-state index in [9.17, 15) is 0 Å². The molecule has 0 aliphatic rings. The molecule has 13 heavy (non-hydrogen) atoms. The van der Waals surface area contributed by atoms with Gasteiger partial charge in [-0.05, 0) is 0 Å². The number of rotatable bonds is 5. The zero-order valence-corrected chi connectivity index (χ0v) is 8.21. The van der Waals surface area contributed by atoms with Crippen LogP contribution in [0.4, 0.5) is 0 Å². The van der Waals surface area contributed by atoms with E-state index in [0.29, 0.717) is 24.1 Å². The Bertz CT molecular complexity index is 272. The fourth-order valence-electron chi connectivity index (χ4n) is 0.827. The molecule has 1 N–H and O–H groups in total. The molecule has 0 atom stereocenters. The van der Waals surface area contributed by atoms with Crippen molar-refractivity contribution in [1.29, 1.82) is 0 Å². The van der Waals surface area contributed by atoms with Crippen LogP contribution >= 0.6 is 11.6 Å². The molecule has 5 heteroatoms. The number of nitrogens with one attached hydrogen (secondary N) is 1. The lowest BCUT2D eigenvalue weighted by molar-refractivity contribution is 0.386. The van der Waals surface area contributed by atoms with E-state index in [0.717, 1.165) is 6.54 Å². The molecule has 0 aliphatic carbocycles. The molecule has 72 valence electrons. The summed E-state index contributed by atoms with van der Waals surface area (Å²) in [5.41, 5.74) is 0. The Morgan fingerprint density at radius 1 is 1.54 bits per heavy atom. The average Bonchev–Trinajstić information content (AvgIpc) is 2.51. The van der Waals surface area contributed by atoms with Crippen molar-refractivity contribution in [3.05, 3.63) is 23.9 Å². The van der Waals surface area contributed by atoms with E-state index in [-0.39, 0.29) is 0 Å². The normalized spacial score (nSPS) is 11.2. The summed E-state index contributed by atoms with van der Waals surface area (Å²) in [6, 6.07) is 0. The largest absolute Gasteiger partial charge is 0.340 e. The average molecular weight is 202 g/mol. The first-order valence-corrected chi connectivity index (χ1v) is 4.57. The summed E-state index contributed by atoms with van der Waals surface area (Å²) in [4.78, 5) is 4.04. The fraction of sp³-hybridized carbons (Fsp3) is 0.500. The number of nitrogens with zero attached hydrogens (tertiary/aromatic N) is 2. The number of hydrogen-bond donors (Lipinski definition) is 1. The molecule has 0 radical (unpaired) electrons. The third-order valence-electron chi connectivity index (χ3n) is 1.37. The van der Waals surface area contributed by atoms with Gasteiger partial charge in [0.2, 0.25) is 5.89 Å². The summed E-state index contributed by atoms with van der Waals surface area (Å²) in [5.74, 6) is 1.81. The highest BCUT2D eigenvalue weighted by molar-refractivity contribution is 6.18. The minimum Gasteiger partial charge on any atom is -0.340 e. The van der Waals surface area contributed by atoms with Crippen molar-refractivity contribution in [3.8, 4) is 0 Å². The number of aryl methyl sites for hydroxylation is 1. The van der Waals surface area contributed by atoms with Gasteiger partial charge >= 0.3 is 0 Å². The maximum absolute atomic E-state index is 5.45. The van der Waals surface area contributed by atoms with Crippen LogP contribution in [0, 0.1) is 6.92 Å². The summed E-state index contributed by atoms with van der Waals surface area (Å²) < 4.78 is 4.80. The quantitative estimate of drug-likeness (QED) is 0.443. The van der Waals surface area contributed by atoms with Crippen LogP contribution < -0.4 is 5.32 Å². The standard InChI is InChI=1S/C8H12ClN3O/c1-7-11-8(12-13-7)6-10-5-3-2-4-9/h2-3,10H,4-6H2,1H3/b3-2+. The lowest BCUT2D eigenvalue weighted by Gasteiger charge is -1.94. The van der Waals surface area contributed by atoms with Crippen molar-refractivity contribution in [2.75, 3.05) is 12.4 Å². The second-order valence-corrected chi connectivity index (χ2v) is 2.79. The SMILES string of the molecule is Cc1nc(CNC/C=C/CCl)no1. The molecule has 0 aromatic carbocycles. The maximum atomic E-state index is 5.45. The number of alkyl halides is 1. The molecule has 1 heterocycles. The van der Waals surface area contributed by atoms with E-state index in [4.69, 9.17) is 16.1 Å². The zero-order chi connectivity index (χ0) is 9.52. The molecule has 0 saturated heterocycles. The number of allylic oxidation sites excluding steroid dienone is 1. The molecule has 0 aliphatic heterocycles. The van der Waals surface area contributed by atoms with Crippen molar-refractivity contribution >= 4 is 11.6 Å². The third-order valence-corrected chi connectivity index (χ3v) is 1.55. The lowest BCUT2D eigenvalue weighted by Crippen LogP contribution is -2.13. The van der Waals surface area contributed by atoms with Crippen molar-refractivity contribution < 1.29 is 4.52 Å². The van der Waals surface area contributed by atoms with Gasteiger partial charge in [-0.25, -0.2) is 0 Å². The summed E-state index contributed by atoms with van der Waals surface area (Å²) >= 11 is 5.45. The first kappa shape index (κ1) is 10.2. The van der Waals surface area contributed by atoms with E-state index < -0.39 is 0 Å². The monoisotopic (exact) mass is 201 g/mol. The summed E-state index contributed by atoms with van der Waals surface area (Å²) in [6.45, 7) is 3.15. The van der Waals surface area contributed by atoms with Gasteiger partial charge < -0.3 is 9.84 Å². The second kappa shape index (κ2) is 5.72. The fourth-order valence-corrected chi connectivity index (χ4v) is 0.953. The van der Waals surface area contributed by atoms with Gasteiger partial charge in [-0.3, -0.25) is 0 Å². The Kier molecular flexibility index (Phi) is 4.49. The van der Waals surface area contributed by atoms with Crippen molar-refractivity contribution in [1.82, 2.24) is 15.5 Å². The van der Waals surface area contributed by atoms with E-state index in [2.05, 4.69) is 15.5 Å². The van der Waals surface area contributed by atoms with Crippen LogP contribution in [-0.4, -0.2) is 22.6 Å². The Hall–Kier alpha value is -0.870. The minimum atomic E-state index is 0.545. The molecule has 0 spiro atoms. The summed E-state index contributed by atoms with van der Waals surface area (Å²) in [6.07, 6.45) is 3.84. The topological polar surface area (TPSA) is 51.0 Å². The smallest absolute Gasteiger partial charge is 0.223 e. The lowest BCUT2D eigenvalue weighted by atomic mass is 10.5. The van der Waals surface area contributed by atoms with Gasteiger partial charge in [-0.1, -0.05) is 17.3 Å². The highest BCUT2D eigenvalue weighted by atomic mass is 35.5. The highest BCUT2D eigenvalue weighted by Crippen LogP contribution is 1.93. The van der Waals surface area contributed by atoms with Gasteiger partial charge in [-0.15, -0.1) is 11.6 Å². The molecule has 1 aromatic rings. The molecule has 0 fully saturated rings. The van der Waals surface area contributed by atoms with E-state index in [1.54, 1.807) is 6.92 Å². The molecule has 1 rings (SSSR count). The molecular formula is C8H12ClN3O. The first-order chi connectivity index (χ1) is 6.33. The van der Waals surface area contributed by atoms with Gasteiger partial charge in [0.25, 0.3) is 0 Å². The Balaban J connectivity index is 2.16. The van der Waals surface area contributed by atoms with Crippen LogP contribution in [-0.2, 0) is 6.54 Å². The summed E-state index contributed by atoms with van der Waals surface area (Å²) in [5, 5.41) is 6.85. The molecular weight excluding hydrogens is 190 g/mol. The van der Waals surface area contributed by atoms with Crippen LogP contribution in [0.3, 0.4) is 0 Å². The van der Waals surface area contributed by atoms with Crippen LogP contribution in [0.2, 0.25) is 0 Å². The van der Waals surface area contributed by atoms with Crippen molar-refractivity contribution in [3.63, 3.8) is 0 Å². The highest BCUT2D eigenvalue weighted by Gasteiger charge is 1.98. The van der Waals surface area contributed by atoms with Crippen LogP contribution in [0.15, 0.2) is 16.7 Å². The van der Waals surface area contributed by atoms with Gasteiger partial charge in [0, 0.05) is 19.3 Å². The van der Waals surface area contributed by atoms with Crippen molar-refractivity contribution in [2.24, 2.45) is 0 Å². The molecule has 0 bridgehead atoms. The molecule has 1 aromatic heterocycles. The van der Waals surface area contributed by atoms with E-state index in [1.807, 2.05) is 12.2 Å². The molecule has 4 nitrogen and oxygen atoms in total. The molecule has 0 unspecified atom stereocenters. The Labute approximate surface area is 82.0 Å². The third kappa shape index (κ3) is 4.05. The van der Waals surface area contributed by atoms with Gasteiger partial charge in [0.15, 0.2) is 5.82 Å². The van der Waals surface area contributed by atoms with Crippen LogP contribution in [0.1, 0.15) is 11.7 Å². The molecule has 0 amide bonds. The Morgan fingerprint density at radius 3 is 3.00 bits per heavy atom. The predicted molar refractivity (Wildman–Crippen MR) is 50.6 cm³/mol. The Morgan fingerprint density at radius 2 is 2.38 bits per heavy atom. The molecule has 0 saturated carbocycles.